The predicted molar refractivity (Wildman–Crippen MR) is 126 cm³/mol. The number of benzene rings is 3. The number of nitrogens with zero attached hydrogens (tertiary/aromatic N) is 1. The molecule has 1 atom stereocenters. The summed E-state index contributed by atoms with van der Waals surface area (Å²) in [6, 6.07) is 21.0. The molecule has 8 heteroatoms. The van der Waals surface area contributed by atoms with Crippen LogP contribution in [-0.2, 0) is 14.8 Å². The van der Waals surface area contributed by atoms with Crippen molar-refractivity contribution >= 4 is 21.6 Å². The zero-order valence-corrected chi connectivity index (χ0v) is 19.3. The topological polar surface area (TPSA) is 84.9 Å². The third-order valence-electron chi connectivity index (χ3n) is 5.28. The number of rotatable bonds is 7. The Kier molecular flexibility index (Phi) is 6.55. The lowest BCUT2D eigenvalue weighted by atomic mass is 10.2. The maximum atomic E-state index is 13.4. The van der Waals surface area contributed by atoms with Crippen molar-refractivity contribution in [3.8, 4) is 11.5 Å². The molecule has 0 unspecified atom stereocenters. The zero-order valence-electron chi connectivity index (χ0n) is 18.5. The van der Waals surface area contributed by atoms with E-state index in [1.807, 2.05) is 38.1 Å². The van der Waals surface area contributed by atoms with E-state index in [1.165, 1.54) is 0 Å². The number of sulfonamides is 1. The maximum Gasteiger partial charge on any atom is 0.264 e. The molecule has 172 valence electrons. The molecule has 1 heterocycles. The lowest BCUT2D eigenvalue weighted by Gasteiger charge is -2.27. The zero-order chi connectivity index (χ0) is 23.4. The first-order valence-corrected chi connectivity index (χ1v) is 12.1. The van der Waals surface area contributed by atoms with Crippen LogP contribution in [0.4, 0.5) is 5.69 Å². The SMILES string of the molecule is Cc1ccc(S(=O)(=O)N(CC(=O)NC[C@H]2COc3ccccc3O2)c2cccc(C)c2)cc1. The number of carbonyl (C=O) groups is 1. The summed E-state index contributed by atoms with van der Waals surface area (Å²) >= 11 is 0. The van der Waals surface area contributed by atoms with Crippen LogP contribution in [0.25, 0.3) is 0 Å². The van der Waals surface area contributed by atoms with Gasteiger partial charge in [0.2, 0.25) is 5.91 Å². The molecule has 1 N–H and O–H groups in total. The monoisotopic (exact) mass is 466 g/mol. The second kappa shape index (κ2) is 9.54. The molecule has 0 radical (unpaired) electrons. The van der Waals surface area contributed by atoms with Crippen molar-refractivity contribution in [3.05, 3.63) is 83.9 Å². The number of carbonyl (C=O) groups excluding carboxylic acids is 1. The number of amides is 1. The van der Waals surface area contributed by atoms with Gasteiger partial charge in [-0.15, -0.1) is 0 Å². The standard InChI is InChI=1S/C25H26N2O5S/c1-18-10-12-22(13-11-18)33(29,30)27(20-7-5-6-19(2)14-20)16-25(28)26-15-21-17-31-23-8-3-4-9-24(23)32-21/h3-14,21H,15-17H2,1-2H3,(H,26,28)/t21-/m0/s1. The summed E-state index contributed by atoms with van der Waals surface area (Å²) in [7, 11) is -3.95. The van der Waals surface area contributed by atoms with E-state index in [4.69, 9.17) is 9.47 Å². The fourth-order valence-corrected chi connectivity index (χ4v) is 4.93. The minimum absolute atomic E-state index is 0.128. The van der Waals surface area contributed by atoms with E-state index in [0.29, 0.717) is 23.8 Å². The summed E-state index contributed by atoms with van der Waals surface area (Å²) in [6.07, 6.45) is -0.370. The van der Waals surface area contributed by atoms with Crippen LogP contribution in [0.2, 0.25) is 0 Å². The van der Waals surface area contributed by atoms with Crippen LogP contribution >= 0.6 is 0 Å². The molecule has 0 saturated carbocycles. The Bertz CT molecular complexity index is 1240. The highest BCUT2D eigenvalue weighted by Gasteiger charge is 2.28. The third-order valence-corrected chi connectivity index (χ3v) is 7.07. The van der Waals surface area contributed by atoms with Crippen molar-refractivity contribution in [2.75, 3.05) is 24.0 Å². The highest BCUT2D eigenvalue weighted by atomic mass is 32.2. The molecule has 1 aliphatic rings. The smallest absolute Gasteiger partial charge is 0.264 e. The Hall–Kier alpha value is -3.52. The van der Waals surface area contributed by atoms with E-state index in [2.05, 4.69) is 5.32 Å². The molecular weight excluding hydrogens is 440 g/mol. The lowest BCUT2D eigenvalue weighted by Crippen LogP contribution is -2.45. The van der Waals surface area contributed by atoms with E-state index in [0.717, 1.165) is 15.4 Å². The van der Waals surface area contributed by atoms with Crippen LogP contribution in [0.15, 0.2) is 77.7 Å². The van der Waals surface area contributed by atoms with Gasteiger partial charge in [0.15, 0.2) is 11.5 Å². The van der Waals surface area contributed by atoms with E-state index in [1.54, 1.807) is 48.5 Å². The van der Waals surface area contributed by atoms with Gasteiger partial charge in [0.05, 0.1) is 17.1 Å². The molecule has 0 saturated heterocycles. The average Bonchev–Trinajstić information content (AvgIpc) is 2.81. The fourth-order valence-electron chi connectivity index (χ4n) is 3.51. The quantitative estimate of drug-likeness (QED) is 0.577. The Labute approximate surface area is 194 Å². The van der Waals surface area contributed by atoms with Crippen molar-refractivity contribution in [2.24, 2.45) is 0 Å². The maximum absolute atomic E-state index is 13.4. The number of aryl methyl sites for hydroxylation is 2. The summed E-state index contributed by atoms with van der Waals surface area (Å²) in [6.45, 7) is 3.89. The van der Waals surface area contributed by atoms with Gasteiger partial charge >= 0.3 is 0 Å². The molecule has 7 nitrogen and oxygen atoms in total. The van der Waals surface area contributed by atoms with Gasteiger partial charge < -0.3 is 14.8 Å². The first-order valence-electron chi connectivity index (χ1n) is 10.6. The van der Waals surface area contributed by atoms with Gasteiger partial charge in [-0.3, -0.25) is 9.10 Å². The molecule has 3 aromatic carbocycles. The van der Waals surface area contributed by atoms with Gasteiger partial charge in [-0.25, -0.2) is 8.42 Å². The molecule has 0 bridgehead atoms. The Balaban J connectivity index is 1.49. The average molecular weight is 467 g/mol. The van der Waals surface area contributed by atoms with Crippen molar-refractivity contribution in [1.82, 2.24) is 5.32 Å². The predicted octanol–water partition coefficient (Wildman–Crippen LogP) is 3.45. The minimum Gasteiger partial charge on any atom is -0.486 e. The van der Waals surface area contributed by atoms with Gasteiger partial charge in [-0.05, 0) is 55.8 Å². The molecule has 0 fully saturated rings. The molecule has 3 aromatic rings. The third kappa shape index (κ3) is 5.28. The number of ether oxygens (including phenoxy) is 2. The number of nitrogens with one attached hydrogen (secondary N) is 1. The second-order valence-electron chi connectivity index (χ2n) is 7.97. The summed E-state index contributed by atoms with van der Waals surface area (Å²) in [5.41, 5.74) is 2.27. The molecular formula is C25H26N2O5S. The van der Waals surface area contributed by atoms with Gasteiger partial charge in [0, 0.05) is 0 Å². The van der Waals surface area contributed by atoms with Crippen molar-refractivity contribution in [2.45, 2.75) is 24.8 Å². The van der Waals surface area contributed by atoms with Gasteiger partial charge in [0.1, 0.15) is 19.3 Å². The number of hydrogen-bond acceptors (Lipinski definition) is 5. The van der Waals surface area contributed by atoms with Crippen LogP contribution in [0.3, 0.4) is 0 Å². The number of para-hydroxylation sites is 2. The highest BCUT2D eigenvalue weighted by Crippen LogP contribution is 2.30. The minimum atomic E-state index is -3.95. The molecule has 0 aliphatic carbocycles. The Morgan fingerprint density at radius 3 is 2.42 bits per heavy atom. The molecule has 0 aromatic heterocycles. The van der Waals surface area contributed by atoms with Crippen molar-refractivity contribution < 1.29 is 22.7 Å². The molecule has 1 amide bonds. The van der Waals surface area contributed by atoms with Crippen LogP contribution in [0.5, 0.6) is 11.5 Å². The van der Waals surface area contributed by atoms with Crippen LogP contribution in [0.1, 0.15) is 11.1 Å². The van der Waals surface area contributed by atoms with Crippen LogP contribution in [-0.4, -0.2) is 40.1 Å². The molecule has 33 heavy (non-hydrogen) atoms. The number of anilines is 1. The van der Waals surface area contributed by atoms with E-state index in [-0.39, 0.29) is 24.1 Å². The summed E-state index contributed by atoms with van der Waals surface area (Å²) in [4.78, 5) is 12.9. The van der Waals surface area contributed by atoms with E-state index < -0.39 is 15.9 Å². The summed E-state index contributed by atoms with van der Waals surface area (Å²) in [5.74, 6) is 0.843. The molecule has 4 rings (SSSR count). The number of fused-ring (bicyclic) bond motifs is 1. The van der Waals surface area contributed by atoms with E-state index in [9.17, 15) is 13.2 Å². The second-order valence-corrected chi connectivity index (χ2v) is 9.83. The van der Waals surface area contributed by atoms with Crippen molar-refractivity contribution in [1.29, 1.82) is 0 Å². The molecule has 0 spiro atoms. The summed E-state index contributed by atoms with van der Waals surface area (Å²) in [5, 5.41) is 2.78. The van der Waals surface area contributed by atoms with Gasteiger partial charge in [-0.2, -0.15) is 0 Å². The van der Waals surface area contributed by atoms with Gasteiger partial charge in [0.25, 0.3) is 10.0 Å². The summed E-state index contributed by atoms with van der Waals surface area (Å²) < 4.78 is 39.5. The number of hydrogen-bond donors (Lipinski definition) is 1. The van der Waals surface area contributed by atoms with Crippen LogP contribution < -0.4 is 19.1 Å². The Morgan fingerprint density at radius 1 is 0.970 bits per heavy atom. The first-order chi connectivity index (χ1) is 15.8. The van der Waals surface area contributed by atoms with Gasteiger partial charge in [-0.1, -0.05) is 42.0 Å². The van der Waals surface area contributed by atoms with E-state index >= 15 is 0 Å². The van der Waals surface area contributed by atoms with Crippen LogP contribution in [0, 0.1) is 13.8 Å². The highest BCUT2D eigenvalue weighted by molar-refractivity contribution is 7.92. The lowest BCUT2D eigenvalue weighted by molar-refractivity contribution is -0.120. The fraction of sp³-hybridized carbons (Fsp3) is 0.240. The first kappa shape index (κ1) is 22.7. The Morgan fingerprint density at radius 2 is 1.70 bits per heavy atom. The molecule has 1 aliphatic heterocycles. The van der Waals surface area contributed by atoms with Crippen molar-refractivity contribution in [3.63, 3.8) is 0 Å². The largest absolute Gasteiger partial charge is 0.486 e. The normalized spacial score (nSPS) is 15.0.